The number of hydrogen-bond donors (Lipinski definition) is 2. The van der Waals surface area contributed by atoms with Crippen molar-refractivity contribution in [3.05, 3.63) is 35.9 Å². The van der Waals surface area contributed by atoms with Crippen LogP contribution in [0.1, 0.15) is 18.9 Å². The number of carbonyl (C=O) groups is 3. The minimum atomic E-state index is -1.15. The van der Waals surface area contributed by atoms with Crippen LogP contribution in [0.4, 0.5) is 4.79 Å². The van der Waals surface area contributed by atoms with Crippen LogP contribution in [-0.2, 0) is 15.1 Å². The molecule has 2 aliphatic heterocycles. The normalized spacial score (nSPS) is 22.8. The first-order valence-corrected chi connectivity index (χ1v) is 9.85. The van der Waals surface area contributed by atoms with Crippen LogP contribution >= 0.6 is 23.5 Å². The van der Waals surface area contributed by atoms with E-state index in [9.17, 15) is 14.4 Å². The summed E-state index contributed by atoms with van der Waals surface area (Å²) in [5, 5.41) is 3.50. The monoisotopic (exact) mass is 378 g/mol. The minimum absolute atomic E-state index is 0.105. The molecule has 4 amide bonds. The number of benzene rings is 1. The second kappa shape index (κ2) is 7.49. The molecular weight excluding hydrogens is 360 g/mol. The van der Waals surface area contributed by atoms with Gasteiger partial charge in [0, 0.05) is 5.75 Å². The van der Waals surface area contributed by atoms with E-state index < -0.39 is 23.4 Å². The predicted molar refractivity (Wildman–Crippen MR) is 99.1 cm³/mol. The van der Waals surface area contributed by atoms with Crippen LogP contribution in [0.5, 0.6) is 0 Å². The van der Waals surface area contributed by atoms with Gasteiger partial charge < -0.3 is 5.32 Å². The van der Waals surface area contributed by atoms with E-state index in [1.165, 1.54) is 11.8 Å². The Morgan fingerprint density at radius 3 is 2.80 bits per heavy atom. The Morgan fingerprint density at radius 1 is 1.40 bits per heavy atom. The first-order valence-electron chi connectivity index (χ1n) is 7.88. The van der Waals surface area contributed by atoms with E-state index >= 15 is 0 Å². The molecule has 2 aliphatic rings. The van der Waals surface area contributed by atoms with Crippen LogP contribution in [0.25, 0.3) is 0 Å². The van der Waals surface area contributed by atoms with Crippen molar-refractivity contribution in [2.75, 3.05) is 18.1 Å². The Hall–Kier alpha value is -2.00. The van der Waals surface area contributed by atoms with E-state index in [1.807, 2.05) is 25.1 Å². The number of rotatable bonds is 5. The van der Waals surface area contributed by atoms with Gasteiger partial charge in [-0.05, 0) is 12.0 Å². The Morgan fingerprint density at radius 2 is 2.16 bits per heavy atom. The average Bonchev–Trinajstić information content (AvgIpc) is 3.23. The summed E-state index contributed by atoms with van der Waals surface area (Å²) in [6.45, 7) is 2.58. The summed E-state index contributed by atoms with van der Waals surface area (Å²) in [5.74, 6) is 0.140. The number of nitrogens with zero attached hydrogens (tertiary/aromatic N) is 2. The van der Waals surface area contributed by atoms with Gasteiger partial charge in [0.15, 0.2) is 0 Å². The second-order valence-corrected chi connectivity index (χ2v) is 7.82. The third kappa shape index (κ3) is 3.52. The SMILES string of the molecule is CC[C@]1(c2ccccc2)NC(=O)N(NC(=O)CSC2=NCCS2)C1=O. The average molecular weight is 378 g/mol. The summed E-state index contributed by atoms with van der Waals surface area (Å²) in [5.41, 5.74) is 1.95. The van der Waals surface area contributed by atoms with Gasteiger partial charge in [0.2, 0.25) is 5.91 Å². The summed E-state index contributed by atoms with van der Waals surface area (Å²) in [4.78, 5) is 41.5. The summed E-state index contributed by atoms with van der Waals surface area (Å²) in [6.07, 6.45) is 0.385. The molecule has 1 aromatic carbocycles. The molecular formula is C16H18N4O3S2. The number of hydrogen-bond acceptors (Lipinski definition) is 6. The molecule has 1 atom stereocenters. The largest absolute Gasteiger partial charge is 0.344 e. The van der Waals surface area contributed by atoms with Crippen LogP contribution in [0, 0.1) is 0 Å². The Labute approximate surface area is 154 Å². The van der Waals surface area contributed by atoms with Crippen LogP contribution < -0.4 is 10.7 Å². The third-order valence-corrected chi connectivity index (χ3v) is 6.26. The molecule has 3 rings (SSSR count). The number of imide groups is 1. The van der Waals surface area contributed by atoms with E-state index in [4.69, 9.17) is 0 Å². The molecule has 9 heteroatoms. The Bertz CT molecular complexity index is 725. The van der Waals surface area contributed by atoms with Gasteiger partial charge in [-0.3, -0.25) is 20.0 Å². The van der Waals surface area contributed by atoms with E-state index in [-0.39, 0.29) is 5.75 Å². The molecule has 1 saturated heterocycles. The molecule has 0 aliphatic carbocycles. The van der Waals surface area contributed by atoms with E-state index in [0.29, 0.717) is 12.0 Å². The van der Waals surface area contributed by atoms with Gasteiger partial charge in [-0.25, -0.2) is 4.79 Å². The quantitative estimate of drug-likeness (QED) is 0.761. The van der Waals surface area contributed by atoms with Gasteiger partial charge >= 0.3 is 6.03 Å². The van der Waals surface area contributed by atoms with E-state index in [2.05, 4.69) is 15.7 Å². The van der Waals surface area contributed by atoms with Gasteiger partial charge in [0.1, 0.15) is 9.91 Å². The van der Waals surface area contributed by atoms with Gasteiger partial charge in [0.05, 0.1) is 12.3 Å². The number of urea groups is 1. The highest BCUT2D eigenvalue weighted by atomic mass is 32.2. The Kier molecular flexibility index (Phi) is 5.33. The second-order valence-electron chi connectivity index (χ2n) is 5.52. The van der Waals surface area contributed by atoms with Crippen LogP contribution in [0.3, 0.4) is 0 Å². The molecule has 1 fully saturated rings. The van der Waals surface area contributed by atoms with Gasteiger partial charge in [-0.15, -0.1) is 0 Å². The molecule has 2 N–H and O–H groups in total. The van der Waals surface area contributed by atoms with E-state index in [1.54, 1.807) is 23.9 Å². The molecule has 0 saturated carbocycles. The first kappa shape index (κ1) is 17.8. The maximum Gasteiger partial charge on any atom is 0.344 e. The van der Waals surface area contributed by atoms with E-state index in [0.717, 1.165) is 21.7 Å². The van der Waals surface area contributed by atoms with Crippen molar-refractivity contribution < 1.29 is 14.4 Å². The zero-order chi connectivity index (χ0) is 17.9. The number of thioether (sulfide) groups is 2. The summed E-state index contributed by atoms with van der Waals surface area (Å²) < 4.78 is 0.861. The minimum Gasteiger partial charge on any atom is -0.318 e. The highest BCUT2D eigenvalue weighted by molar-refractivity contribution is 8.39. The van der Waals surface area contributed by atoms with Crippen molar-refractivity contribution in [1.29, 1.82) is 0 Å². The maximum absolute atomic E-state index is 12.9. The number of aliphatic imine (C=N–C) groups is 1. The highest BCUT2D eigenvalue weighted by Crippen LogP contribution is 2.31. The lowest BCUT2D eigenvalue weighted by molar-refractivity contribution is -0.138. The standard InChI is InChI=1S/C16H18N4O3S2/c1-2-16(11-6-4-3-5-7-11)13(22)20(14(23)18-16)19-12(21)10-25-15-17-8-9-24-15/h3-7H,2,8-10H2,1H3,(H,18,23)(H,19,21)/t16-/m1/s1. The molecule has 0 spiro atoms. The van der Waals surface area contributed by atoms with Crippen molar-refractivity contribution in [2.45, 2.75) is 18.9 Å². The van der Waals surface area contributed by atoms with Gasteiger partial charge in [-0.1, -0.05) is 60.8 Å². The number of hydrazine groups is 1. The fourth-order valence-electron chi connectivity index (χ4n) is 2.73. The summed E-state index contributed by atoms with van der Waals surface area (Å²) >= 11 is 2.91. The van der Waals surface area contributed by atoms with Crippen molar-refractivity contribution >= 4 is 45.7 Å². The molecule has 2 heterocycles. The fourth-order valence-corrected chi connectivity index (χ4v) is 4.53. The number of nitrogens with one attached hydrogen (secondary N) is 2. The lowest BCUT2D eigenvalue weighted by Gasteiger charge is -2.25. The first-order chi connectivity index (χ1) is 12.1. The lowest BCUT2D eigenvalue weighted by Crippen LogP contribution is -2.49. The van der Waals surface area contributed by atoms with Crippen molar-refractivity contribution in [1.82, 2.24) is 15.8 Å². The molecule has 7 nitrogen and oxygen atoms in total. The van der Waals surface area contributed by atoms with Crippen molar-refractivity contribution in [2.24, 2.45) is 4.99 Å². The molecule has 0 unspecified atom stereocenters. The van der Waals surface area contributed by atoms with Crippen LogP contribution in [0.2, 0.25) is 0 Å². The van der Waals surface area contributed by atoms with Gasteiger partial charge in [-0.2, -0.15) is 5.01 Å². The Balaban J connectivity index is 1.69. The molecule has 25 heavy (non-hydrogen) atoms. The topological polar surface area (TPSA) is 90.9 Å². The predicted octanol–water partition coefficient (Wildman–Crippen LogP) is 1.71. The fraction of sp³-hybridized carbons (Fsp3) is 0.375. The molecule has 0 radical (unpaired) electrons. The number of amides is 4. The maximum atomic E-state index is 12.9. The zero-order valence-corrected chi connectivity index (χ0v) is 15.3. The molecule has 1 aromatic rings. The zero-order valence-electron chi connectivity index (χ0n) is 13.7. The third-order valence-electron chi connectivity index (χ3n) is 4.01. The molecule has 132 valence electrons. The van der Waals surface area contributed by atoms with Crippen molar-refractivity contribution in [3.8, 4) is 0 Å². The summed E-state index contributed by atoms with van der Waals surface area (Å²) in [7, 11) is 0. The van der Waals surface area contributed by atoms with Crippen molar-refractivity contribution in [3.63, 3.8) is 0 Å². The molecule has 0 aromatic heterocycles. The van der Waals surface area contributed by atoms with Crippen LogP contribution in [-0.4, -0.2) is 45.3 Å². The summed E-state index contributed by atoms with van der Waals surface area (Å²) in [6, 6.07) is 8.42. The number of carbonyl (C=O) groups excluding carboxylic acids is 3. The highest BCUT2D eigenvalue weighted by Gasteiger charge is 2.52. The molecule has 0 bridgehead atoms. The lowest BCUT2D eigenvalue weighted by atomic mass is 9.87. The smallest absolute Gasteiger partial charge is 0.318 e. The van der Waals surface area contributed by atoms with Gasteiger partial charge in [0.25, 0.3) is 5.91 Å². The van der Waals surface area contributed by atoms with Crippen LogP contribution in [0.15, 0.2) is 35.3 Å².